The van der Waals surface area contributed by atoms with Crippen LogP contribution in [0.25, 0.3) is 0 Å². The highest BCUT2D eigenvalue weighted by Crippen LogP contribution is 2.25. The molecule has 0 fully saturated rings. The maximum Gasteiger partial charge on any atom is 0.124 e. The lowest BCUT2D eigenvalue weighted by Crippen LogP contribution is -2.25. The van der Waals surface area contributed by atoms with E-state index < -0.39 is 6.10 Å². The molecule has 0 saturated carbocycles. The van der Waals surface area contributed by atoms with Crippen molar-refractivity contribution in [2.45, 2.75) is 26.0 Å². The van der Waals surface area contributed by atoms with Crippen LogP contribution in [0.3, 0.4) is 0 Å². The fourth-order valence-electron chi connectivity index (χ4n) is 1.75. The summed E-state index contributed by atoms with van der Waals surface area (Å²) >= 11 is 0. The molecular formula is C15H25NO4. The summed E-state index contributed by atoms with van der Waals surface area (Å²) in [6, 6.07) is 5.73. The van der Waals surface area contributed by atoms with Crippen LogP contribution in [-0.2, 0) is 9.47 Å². The minimum atomic E-state index is -0.672. The van der Waals surface area contributed by atoms with E-state index in [2.05, 4.69) is 0 Å². The van der Waals surface area contributed by atoms with Crippen LogP contribution in [0.15, 0.2) is 18.2 Å². The van der Waals surface area contributed by atoms with E-state index in [1.54, 1.807) is 7.11 Å². The fraction of sp³-hybridized carbons (Fsp3) is 0.600. The van der Waals surface area contributed by atoms with Crippen molar-refractivity contribution in [3.63, 3.8) is 0 Å². The summed E-state index contributed by atoms with van der Waals surface area (Å²) in [6.07, 6.45) is -0.672. The Morgan fingerprint density at radius 3 is 2.65 bits per heavy atom. The molecule has 20 heavy (non-hydrogen) atoms. The number of hydrogen-bond acceptors (Lipinski definition) is 5. The fourth-order valence-corrected chi connectivity index (χ4v) is 1.75. The van der Waals surface area contributed by atoms with Gasteiger partial charge in [0.2, 0.25) is 0 Å². The third kappa shape index (κ3) is 5.88. The summed E-state index contributed by atoms with van der Waals surface area (Å²) < 4.78 is 15.7. The molecule has 5 heteroatoms. The van der Waals surface area contributed by atoms with E-state index in [1.807, 2.05) is 32.0 Å². The molecule has 1 aromatic rings. The van der Waals surface area contributed by atoms with Crippen LogP contribution in [0.2, 0.25) is 0 Å². The lowest BCUT2D eigenvalue weighted by molar-refractivity contribution is -0.00435. The first-order chi connectivity index (χ1) is 9.54. The number of methoxy groups -OCH3 is 1. The number of hydrogen-bond donors (Lipinski definition) is 2. The molecule has 0 aliphatic heterocycles. The topological polar surface area (TPSA) is 73.9 Å². The van der Waals surface area contributed by atoms with Crippen molar-refractivity contribution in [1.82, 2.24) is 0 Å². The Kier molecular flexibility index (Phi) is 7.54. The Morgan fingerprint density at radius 2 is 2.00 bits per heavy atom. The molecule has 0 saturated heterocycles. The highest BCUT2D eigenvalue weighted by Gasteiger charge is 2.11. The standard InChI is InChI=1S/C15H25NO4/c1-11-4-5-15(14(8-11)12(2)16)20-10-13(17)9-19-7-6-18-3/h4-5,8,12-13,17H,6-7,9-10,16H2,1-3H3. The van der Waals surface area contributed by atoms with Crippen LogP contribution in [0, 0.1) is 6.92 Å². The molecule has 5 nitrogen and oxygen atoms in total. The molecule has 0 aliphatic carbocycles. The first-order valence-electron chi connectivity index (χ1n) is 6.78. The van der Waals surface area contributed by atoms with E-state index in [0.717, 1.165) is 11.1 Å². The quantitative estimate of drug-likeness (QED) is 0.670. The van der Waals surface area contributed by atoms with Gasteiger partial charge in [0.1, 0.15) is 18.5 Å². The molecule has 0 radical (unpaired) electrons. The molecular weight excluding hydrogens is 258 g/mol. The van der Waals surface area contributed by atoms with E-state index in [1.165, 1.54) is 0 Å². The zero-order valence-corrected chi connectivity index (χ0v) is 12.5. The van der Waals surface area contributed by atoms with Crippen molar-refractivity contribution in [1.29, 1.82) is 0 Å². The maximum atomic E-state index is 9.77. The molecule has 0 aromatic heterocycles. The zero-order valence-electron chi connectivity index (χ0n) is 12.5. The average Bonchev–Trinajstić information content (AvgIpc) is 2.42. The van der Waals surface area contributed by atoms with Gasteiger partial charge in [-0.05, 0) is 19.9 Å². The summed E-state index contributed by atoms with van der Waals surface area (Å²) in [5, 5.41) is 9.77. The van der Waals surface area contributed by atoms with Crippen LogP contribution in [0.4, 0.5) is 0 Å². The summed E-state index contributed by atoms with van der Waals surface area (Å²) in [4.78, 5) is 0. The summed E-state index contributed by atoms with van der Waals surface area (Å²) in [7, 11) is 1.61. The van der Waals surface area contributed by atoms with Crippen LogP contribution in [0.5, 0.6) is 5.75 Å². The molecule has 0 heterocycles. The summed E-state index contributed by atoms with van der Waals surface area (Å²) in [5.41, 5.74) is 8.00. The van der Waals surface area contributed by atoms with Gasteiger partial charge >= 0.3 is 0 Å². The van der Waals surface area contributed by atoms with E-state index >= 15 is 0 Å². The first-order valence-corrected chi connectivity index (χ1v) is 6.78. The van der Waals surface area contributed by atoms with Crippen molar-refractivity contribution in [2.24, 2.45) is 5.73 Å². The maximum absolute atomic E-state index is 9.77. The number of rotatable bonds is 9. The van der Waals surface area contributed by atoms with Crippen LogP contribution < -0.4 is 10.5 Å². The van der Waals surface area contributed by atoms with Gasteiger partial charge < -0.3 is 25.1 Å². The molecule has 0 bridgehead atoms. The minimum absolute atomic E-state index is 0.111. The van der Waals surface area contributed by atoms with E-state index in [-0.39, 0.29) is 19.3 Å². The van der Waals surface area contributed by atoms with Crippen LogP contribution >= 0.6 is 0 Å². The van der Waals surface area contributed by atoms with Gasteiger partial charge in [0.05, 0.1) is 19.8 Å². The summed E-state index contributed by atoms with van der Waals surface area (Å²) in [5.74, 6) is 0.710. The van der Waals surface area contributed by atoms with Crippen molar-refractivity contribution in [3.8, 4) is 5.75 Å². The molecule has 1 aromatic carbocycles. The molecule has 114 valence electrons. The van der Waals surface area contributed by atoms with Crippen molar-refractivity contribution >= 4 is 0 Å². The monoisotopic (exact) mass is 283 g/mol. The number of nitrogens with two attached hydrogens (primary N) is 1. The second kappa shape index (κ2) is 8.92. The van der Waals surface area contributed by atoms with Gasteiger partial charge in [0, 0.05) is 18.7 Å². The number of benzene rings is 1. The zero-order chi connectivity index (χ0) is 15.0. The molecule has 1 rings (SSSR count). The lowest BCUT2D eigenvalue weighted by atomic mass is 10.1. The van der Waals surface area contributed by atoms with E-state index in [9.17, 15) is 5.11 Å². The molecule has 0 amide bonds. The number of aliphatic hydroxyl groups excluding tert-OH is 1. The Morgan fingerprint density at radius 1 is 1.25 bits per heavy atom. The third-order valence-corrected chi connectivity index (χ3v) is 2.83. The smallest absolute Gasteiger partial charge is 0.124 e. The second-order valence-electron chi connectivity index (χ2n) is 4.86. The summed E-state index contributed by atoms with van der Waals surface area (Å²) in [6.45, 7) is 5.29. The minimum Gasteiger partial charge on any atom is -0.490 e. The van der Waals surface area contributed by atoms with Gasteiger partial charge in [-0.2, -0.15) is 0 Å². The Hall–Kier alpha value is -1.14. The average molecular weight is 283 g/mol. The molecule has 0 spiro atoms. The first kappa shape index (κ1) is 16.9. The predicted molar refractivity (Wildman–Crippen MR) is 78.0 cm³/mol. The normalized spacial score (nSPS) is 14.1. The largest absolute Gasteiger partial charge is 0.490 e. The Balaban J connectivity index is 2.44. The second-order valence-corrected chi connectivity index (χ2v) is 4.86. The van der Waals surface area contributed by atoms with Crippen LogP contribution in [0.1, 0.15) is 24.1 Å². The van der Waals surface area contributed by atoms with Gasteiger partial charge in [-0.3, -0.25) is 0 Å². The van der Waals surface area contributed by atoms with Gasteiger partial charge in [-0.1, -0.05) is 17.7 Å². The Labute approximate surface area is 120 Å². The van der Waals surface area contributed by atoms with Crippen molar-refractivity contribution < 1.29 is 19.3 Å². The SMILES string of the molecule is COCCOCC(O)COc1ccc(C)cc1C(C)N. The Bertz CT molecular complexity index is 395. The predicted octanol–water partition coefficient (Wildman–Crippen LogP) is 1.42. The molecule has 2 atom stereocenters. The van der Waals surface area contributed by atoms with E-state index in [4.69, 9.17) is 19.9 Å². The number of ether oxygens (including phenoxy) is 3. The molecule has 0 aliphatic rings. The highest BCUT2D eigenvalue weighted by atomic mass is 16.5. The van der Waals surface area contributed by atoms with Gasteiger partial charge in [0.25, 0.3) is 0 Å². The van der Waals surface area contributed by atoms with Gasteiger partial charge in [-0.25, -0.2) is 0 Å². The van der Waals surface area contributed by atoms with Crippen molar-refractivity contribution in [3.05, 3.63) is 29.3 Å². The number of aliphatic hydroxyl groups is 1. The highest BCUT2D eigenvalue weighted by molar-refractivity contribution is 5.38. The van der Waals surface area contributed by atoms with Gasteiger partial charge in [0.15, 0.2) is 0 Å². The van der Waals surface area contributed by atoms with Crippen molar-refractivity contribution in [2.75, 3.05) is 33.5 Å². The van der Waals surface area contributed by atoms with Gasteiger partial charge in [-0.15, -0.1) is 0 Å². The lowest BCUT2D eigenvalue weighted by Gasteiger charge is -2.17. The molecule has 2 unspecified atom stereocenters. The van der Waals surface area contributed by atoms with E-state index in [0.29, 0.717) is 19.0 Å². The third-order valence-electron chi connectivity index (χ3n) is 2.83. The number of aryl methyl sites for hydroxylation is 1. The van der Waals surface area contributed by atoms with Crippen LogP contribution in [-0.4, -0.2) is 44.7 Å². The molecule has 3 N–H and O–H groups in total.